The zero-order valence-corrected chi connectivity index (χ0v) is 14.7. The summed E-state index contributed by atoms with van der Waals surface area (Å²) >= 11 is 3.38. The summed E-state index contributed by atoms with van der Waals surface area (Å²) in [7, 11) is 0. The van der Waals surface area contributed by atoms with Crippen LogP contribution < -0.4 is 10.6 Å². The smallest absolute Gasteiger partial charge is 0.225 e. The van der Waals surface area contributed by atoms with E-state index in [1.807, 2.05) is 31.2 Å². The summed E-state index contributed by atoms with van der Waals surface area (Å²) < 4.78 is 6.59. The number of benzene rings is 1. The quantitative estimate of drug-likeness (QED) is 0.620. The van der Waals surface area contributed by atoms with E-state index in [0.717, 1.165) is 42.3 Å². The number of anilines is 1. The maximum absolute atomic E-state index is 11.9. The van der Waals surface area contributed by atoms with Gasteiger partial charge in [0.2, 0.25) is 5.91 Å². The highest BCUT2D eigenvalue weighted by Gasteiger charge is 2.20. The van der Waals surface area contributed by atoms with Gasteiger partial charge in [0.05, 0.1) is 0 Å². The van der Waals surface area contributed by atoms with Crippen molar-refractivity contribution in [2.75, 3.05) is 25.1 Å². The molecule has 4 nitrogen and oxygen atoms in total. The summed E-state index contributed by atoms with van der Waals surface area (Å²) in [6.07, 6.45) is 4.13. The molecule has 2 N–H and O–H groups in total. The van der Waals surface area contributed by atoms with E-state index >= 15 is 0 Å². The third-order valence-electron chi connectivity index (χ3n) is 3.63. The summed E-state index contributed by atoms with van der Waals surface area (Å²) in [5.74, 6) is 0.862. The van der Waals surface area contributed by atoms with Crippen LogP contribution in [0.25, 0.3) is 0 Å². The molecular weight excluding hydrogens is 344 g/mol. The standard InChI is InChI=1S/C17H25BrN2O2/c1-13(19-9-2-10-22-12-14-3-4-14)11-17(21)20-16-7-5-15(18)6-8-16/h5-8,13-14,19H,2-4,9-12H2,1H3,(H,20,21). The van der Waals surface area contributed by atoms with Crippen LogP contribution in [0.1, 0.15) is 32.6 Å². The molecule has 0 bridgehead atoms. The van der Waals surface area contributed by atoms with Gasteiger partial charge in [0.25, 0.3) is 0 Å². The van der Waals surface area contributed by atoms with Crippen molar-refractivity contribution >= 4 is 27.5 Å². The van der Waals surface area contributed by atoms with Crippen LogP contribution in [0.3, 0.4) is 0 Å². The van der Waals surface area contributed by atoms with Gasteiger partial charge in [-0.3, -0.25) is 4.79 Å². The van der Waals surface area contributed by atoms with E-state index in [2.05, 4.69) is 26.6 Å². The van der Waals surface area contributed by atoms with Gasteiger partial charge in [0.15, 0.2) is 0 Å². The lowest BCUT2D eigenvalue weighted by atomic mass is 10.2. The fourth-order valence-electron chi connectivity index (χ4n) is 2.15. The number of hydrogen-bond acceptors (Lipinski definition) is 3. The van der Waals surface area contributed by atoms with Gasteiger partial charge in [0.1, 0.15) is 0 Å². The van der Waals surface area contributed by atoms with Gasteiger partial charge in [-0.15, -0.1) is 0 Å². The number of ether oxygens (including phenoxy) is 1. The predicted molar refractivity (Wildman–Crippen MR) is 93.0 cm³/mol. The molecule has 22 heavy (non-hydrogen) atoms. The van der Waals surface area contributed by atoms with E-state index in [1.54, 1.807) is 0 Å². The molecule has 0 spiro atoms. The van der Waals surface area contributed by atoms with E-state index in [9.17, 15) is 4.79 Å². The Balaban J connectivity index is 1.52. The predicted octanol–water partition coefficient (Wildman–Crippen LogP) is 3.57. The maximum Gasteiger partial charge on any atom is 0.225 e. The van der Waals surface area contributed by atoms with E-state index in [0.29, 0.717) is 6.42 Å². The van der Waals surface area contributed by atoms with E-state index < -0.39 is 0 Å². The molecule has 1 atom stereocenters. The Morgan fingerprint density at radius 1 is 1.36 bits per heavy atom. The minimum atomic E-state index is 0.0345. The minimum Gasteiger partial charge on any atom is -0.381 e. The lowest BCUT2D eigenvalue weighted by Crippen LogP contribution is -2.31. The molecule has 1 unspecified atom stereocenters. The van der Waals surface area contributed by atoms with Crippen molar-refractivity contribution in [3.8, 4) is 0 Å². The molecule has 1 amide bonds. The van der Waals surface area contributed by atoms with Crippen molar-refractivity contribution in [1.82, 2.24) is 5.32 Å². The van der Waals surface area contributed by atoms with Crippen LogP contribution >= 0.6 is 15.9 Å². The summed E-state index contributed by atoms with van der Waals surface area (Å²) in [5.41, 5.74) is 0.828. The van der Waals surface area contributed by atoms with Crippen LogP contribution in [-0.4, -0.2) is 31.7 Å². The minimum absolute atomic E-state index is 0.0345. The Morgan fingerprint density at radius 2 is 2.09 bits per heavy atom. The molecule has 0 aromatic heterocycles. The summed E-state index contributed by atoms with van der Waals surface area (Å²) in [6.45, 7) is 4.65. The van der Waals surface area contributed by atoms with Crippen LogP contribution in [0, 0.1) is 5.92 Å². The van der Waals surface area contributed by atoms with Crippen molar-refractivity contribution in [2.45, 2.75) is 38.6 Å². The van der Waals surface area contributed by atoms with Crippen LogP contribution in [0.5, 0.6) is 0 Å². The van der Waals surface area contributed by atoms with E-state index in [-0.39, 0.29) is 11.9 Å². The zero-order valence-electron chi connectivity index (χ0n) is 13.1. The molecule has 122 valence electrons. The van der Waals surface area contributed by atoms with Crippen molar-refractivity contribution < 1.29 is 9.53 Å². The van der Waals surface area contributed by atoms with E-state index in [4.69, 9.17) is 4.74 Å². The van der Waals surface area contributed by atoms with Gasteiger partial charge in [0, 0.05) is 35.8 Å². The second-order valence-corrected chi connectivity index (χ2v) is 6.90. The first-order valence-electron chi connectivity index (χ1n) is 8.00. The summed E-state index contributed by atoms with van der Waals surface area (Å²) in [6, 6.07) is 7.77. The molecule has 1 aliphatic carbocycles. The number of nitrogens with one attached hydrogen (secondary N) is 2. The molecule has 1 aliphatic rings. The second-order valence-electron chi connectivity index (χ2n) is 5.99. The first-order valence-corrected chi connectivity index (χ1v) is 8.79. The zero-order chi connectivity index (χ0) is 15.8. The molecule has 1 aromatic rings. The van der Waals surface area contributed by atoms with Crippen molar-refractivity contribution in [3.05, 3.63) is 28.7 Å². The van der Waals surface area contributed by atoms with Gasteiger partial charge in [-0.25, -0.2) is 0 Å². The number of hydrogen-bond donors (Lipinski definition) is 2. The third kappa shape index (κ3) is 7.38. The highest BCUT2D eigenvalue weighted by molar-refractivity contribution is 9.10. The Hall–Kier alpha value is -0.910. The third-order valence-corrected chi connectivity index (χ3v) is 4.16. The van der Waals surface area contributed by atoms with Crippen molar-refractivity contribution in [1.29, 1.82) is 0 Å². The molecule has 0 radical (unpaired) electrons. The van der Waals surface area contributed by atoms with E-state index in [1.165, 1.54) is 12.8 Å². The molecule has 0 saturated heterocycles. The average Bonchev–Trinajstić information content (AvgIpc) is 3.29. The molecule has 1 saturated carbocycles. The van der Waals surface area contributed by atoms with Crippen LogP contribution in [0.4, 0.5) is 5.69 Å². The topological polar surface area (TPSA) is 50.4 Å². The van der Waals surface area contributed by atoms with Crippen LogP contribution in [0.2, 0.25) is 0 Å². The van der Waals surface area contributed by atoms with Crippen LogP contribution in [0.15, 0.2) is 28.7 Å². The van der Waals surface area contributed by atoms with Gasteiger partial charge in [-0.1, -0.05) is 15.9 Å². The lowest BCUT2D eigenvalue weighted by molar-refractivity contribution is -0.116. The molecule has 2 rings (SSSR count). The molecule has 5 heteroatoms. The average molecular weight is 369 g/mol. The normalized spacial score (nSPS) is 15.5. The SMILES string of the molecule is CC(CC(=O)Nc1ccc(Br)cc1)NCCCOCC1CC1. The molecule has 1 aromatic carbocycles. The number of amides is 1. The molecule has 0 heterocycles. The van der Waals surface area contributed by atoms with Gasteiger partial charge >= 0.3 is 0 Å². The Kier molecular flexibility index (Phi) is 7.36. The largest absolute Gasteiger partial charge is 0.381 e. The highest BCUT2D eigenvalue weighted by atomic mass is 79.9. The maximum atomic E-state index is 11.9. The van der Waals surface area contributed by atoms with Crippen LogP contribution in [-0.2, 0) is 9.53 Å². The summed E-state index contributed by atoms with van der Waals surface area (Å²) in [4.78, 5) is 11.9. The second kappa shape index (κ2) is 9.28. The number of halogens is 1. The fourth-order valence-corrected chi connectivity index (χ4v) is 2.42. The first-order chi connectivity index (χ1) is 10.6. The molecule has 1 fully saturated rings. The highest BCUT2D eigenvalue weighted by Crippen LogP contribution is 2.28. The lowest BCUT2D eigenvalue weighted by Gasteiger charge is -2.14. The van der Waals surface area contributed by atoms with Gasteiger partial charge < -0.3 is 15.4 Å². The molecular formula is C17H25BrN2O2. The summed E-state index contributed by atoms with van der Waals surface area (Å²) in [5, 5.41) is 6.27. The van der Waals surface area contributed by atoms with Gasteiger partial charge in [-0.2, -0.15) is 0 Å². The van der Waals surface area contributed by atoms with Gasteiger partial charge in [-0.05, 0) is 62.9 Å². The Morgan fingerprint density at radius 3 is 2.77 bits per heavy atom. The number of rotatable bonds is 10. The fraction of sp³-hybridized carbons (Fsp3) is 0.588. The Bertz CT molecular complexity index is 460. The monoisotopic (exact) mass is 368 g/mol. The van der Waals surface area contributed by atoms with Crippen molar-refractivity contribution in [3.63, 3.8) is 0 Å². The first kappa shape index (κ1) is 17.4. The number of carbonyl (C=O) groups is 1. The molecule has 0 aliphatic heterocycles. The van der Waals surface area contributed by atoms with Crippen molar-refractivity contribution in [2.24, 2.45) is 5.92 Å². The Labute approximate surface area is 141 Å². The number of carbonyl (C=O) groups excluding carboxylic acids is 1.